The van der Waals surface area contributed by atoms with Crippen LogP contribution in [0.4, 0.5) is 11.4 Å². The Labute approximate surface area is 168 Å². The van der Waals surface area contributed by atoms with Crippen LogP contribution in [-0.2, 0) is 14.3 Å². The predicted octanol–water partition coefficient (Wildman–Crippen LogP) is 3.90. The van der Waals surface area contributed by atoms with E-state index in [9.17, 15) is 14.4 Å². The topological polar surface area (TPSA) is 75.7 Å². The first-order valence-electron chi connectivity index (χ1n) is 9.01. The van der Waals surface area contributed by atoms with Crippen LogP contribution >= 0.6 is 11.6 Å². The molecule has 0 radical (unpaired) electrons. The second-order valence-corrected chi connectivity index (χ2v) is 7.34. The van der Waals surface area contributed by atoms with E-state index in [4.69, 9.17) is 16.3 Å². The summed E-state index contributed by atoms with van der Waals surface area (Å²) in [6.45, 7) is 3.87. The van der Waals surface area contributed by atoms with Crippen molar-refractivity contribution in [3.63, 3.8) is 0 Å². The van der Waals surface area contributed by atoms with E-state index in [0.717, 1.165) is 5.69 Å². The lowest BCUT2D eigenvalue weighted by Crippen LogP contribution is -2.28. The molecule has 1 atom stereocenters. The summed E-state index contributed by atoms with van der Waals surface area (Å²) in [5, 5.41) is 3.39. The van der Waals surface area contributed by atoms with Crippen molar-refractivity contribution in [3.05, 3.63) is 59.1 Å². The molecule has 0 saturated carbocycles. The Hall–Kier alpha value is -2.86. The molecule has 2 aromatic rings. The number of halogens is 1. The Morgan fingerprint density at radius 1 is 1.11 bits per heavy atom. The fourth-order valence-electron chi connectivity index (χ4n) is 2.97. The summed E-state index contributed by atoms with van der Waals surface area (Å²) in [6, 6.07) is 13.4. The van der Waals surface area contributed by atoms with E-state index >= 15 is 0 Å². The number of hydrogen-bond donors (Lipinski definition) is 1. The van der Waals surface area contributed by atoms with E-state index in [2.05, 4.69) is 5.32 Å². The Bertz CT molecular complexity index is 878. The second-order valence-electron chi connectivity index (χ2n) is 6.90. The Kier molecular flexibility index (Phi) is 5.99. The van der Waals surface area contributed by atoms with Gasteiger partial charge in [-0.25, -0.2) is 4.79 Å². The third-order valence-corrected chi connectivity index (χ3v) is 4.62. The maximum Gasteiger partial charge on any atom is 0.338 e. The van der Waals surface area contributed by atoms with E-state index < -0.39 is 11.9 Å². The van der Waals surface area contributed by atoms with E-state index in [0.29, 0.717) is 22.8 Å². The first-order valence-corrected chi connectivity index (χ1v) is 9.39. The highest BCUT2D eigenvalue weighted by molar-refractivity contribution is 6.30. The molecule has 0 unspecified atom stereocenters. The molecular weight excluding hydrogens is 380 g/mol. The van der Waals surface area contributed by atoms with Gasteiger partial charge in [-0.15, -0.1) is 0 Å². The highest BCUT2D eigenvalue weighted by Gasteiger charge is 2.35. The molecular formula is C21H21ClN2O4. The van der Waals surface area contributed by atoms with Crippen LogP contribution in [0.25, 0.3) is 0 Å². The van der Waals surface area contributed by atoms with Gasteiger partial charge in [0.05, 0.1) is 17.6 Å². The molecule has 1 fully saturated rings. The largest absolute Gasteiger partial charge is 0.459 e. The number of nitrogens with zero attached hydrogens (tertiary/aromatic N) is 1. The first-order chi connectivity index (χ1) is 13.3. The number of nitrogens with one attached hydrogen (secondary N) is 1. The van der Waals surface area contributed by atoms with E-state index in [1.54, 1.807) is 67.3 Å². The zero-order chi connectivity index (χ0) is 20.3. The Morgan fingerprint density at radius 2 is 1.75 bits per heavy atom. The number of amides is 2. The number of carbonyl (C=O) groups excluding carboxylic acids is 3. The van der Waals surface area contributed by atoms with Crippen LogP contribution < -0.4 is 10.2 Å². The number of rotatable bonds is 5. The zero-order valence-electron chi connectivity index (χ0n) is 15.6. The van der Waals surface area contributed by atoms with Crippen LogP contribution in [0.1, 0.15) is 30.6 Å². The molecule has 0 bridgehead atoms. The Morgan fingerprint density at radius 3 is 2.36 bits per heavy atom. The minimum atomic E-state index is -0.450. The molecule has 6 nitrogen and oxygen atoms in total. The highest BCUT2D eigenvalue weighted by atomic mass is 35.5. The van der Waals surface area contributed by atoms with Crippen molar-refractivity contribution in [3.8, 4) is 0 Å². The van der Waals surface area contributed by atoms with Gasteiger partial charge >= 0.3 is 5.97 Å². The van der Waals surface area contributed by atoms with Crippen molar-refractivity contribution in [2.24, 2.45) is 5.92 Å². The van der Waals surface area contributed by atoms with Crippen LogP contribution in [0.15, 0.2) is 48.5 Å². The molecule has 3 rings (SSSR count). The zero-order valence-corrected chi connectivity index (χ0v) is 16.4. The molecule has 28 heavy (non-hydrogen) atoms. The lowest BCUT2D eigenvalue weighted by Gasteiger charge is -2.17. The second kappa shape index (κ2) is 8.44. The average molecular weight is 401 g/mol. The molecule has 0 aliphatic carbocycles. The first kappa shape index (κ1) is 19.9. The van der Waals surface area contributed by atoms with Crippen molar-refractivity contribution in [1.82, 2.24) is 0 Å². The van der Waals surface area contributed by atoms with Crippen LogP contribution in [0.5, 0.6) is 0 Å². The van der Waals surface area contributed by atoms with E-state index in [1.807, 2.05) is 0 Å². The van der Waals surface area contributed by atoms with E-state index in [-0.39, 0.29) is 24.3 Å². The number of ether oxygens (including phenoxy) is 1. The van der Waals surface area contributed by atoms with Crippen molar-refractivity contribution >= 4 is 40.8 Å². The van der Waals surface area contributed by atoms with Gasteiger partial charge in [0, 0.05) is 29.4 Å². The van der Waals surface area contributed by atoms with Crippen molar-refractivity contribution in [2.45, 2.75) is 26.4 Å². The minimum Gasteiger partial charge on any atom is -0.459 e. The molecule has 1 N–H and O–H groups in total. The molecule has 0 aromatic heterocycles. The summed E-state index contributed by atoms with van der Waals surface area (Å²) in [6.07, 6.45) is -0.0526. The molecule has 146 valence electrons. The van der Waals surface area contributed by atoms with Crippen LogP contribution in [-0.4, -0.2) is 30.4 Å². The van der Waals surface area contributed by atoms with Crippen LogP contribution in [0, 0.1) is 5.92 Å². The smallest absolute Gasteiger partial charge is 0.338 e. The Balaban J connectivity index is 1.61. The molecule has 1 saturated heterocycles. The lowest BCUT2D eigenvalue weighted by molar-refractivity contribution is -0.122. The van der Waals surface area contributed by atoms with E-state index in [1.165, 1.54) is 0 Å². The number of esters is 1. The predicted molar refractivity (Wildman–Crippen MR) is 108 cm³/mol. The van der Waals surface area contributed by atoms with Gasteiger partial charge in [0.15, 0.2) is 0 Å². The third-order valence-electron chi connectivity index (χ3n) is 4.37. The summed E-state index contributed by atoms with van der Waals surface area (Å²) in [7, 11) is 0. The standard InChI is InChI=1S/C21H21ClN2O4/c1-13(2)28-21(27)14-3-7-17(8-4-14)23-20(26)15-11-19(25)24(12-15)18-9-5-16(22)6-10-18/h3-10,13,15H,11-12H2,1-2H3,(H,23,26)/t15-/m0/s1. The van der Waals surface area contributed by atoms with Crippen molar-refractivity contribution < 1.29 is 19.1 Å². The molecule has 1 aliphatic heterocycles. The average Bonchev–Trinajstić information content (AvgIpc) is 3.04. The normalized spacial score (nSPS) is 16.4. The summed E-state index contributed by atoms with van der Waals surface area (Å²) in [5.74, 6) is -1.20. The van der Waals surface area contributed by atoms with Gasteiger partial charge in [0.1, 0.15) is 0 Å². The monoisotopic (exact) mass is 400 g/mol. The maximum atomic E-state index is 12.6. The number of hydrogen-bond acceptors (Lipinski definition) is 4. The summed E-state index contributed by atoms with van der Waals surface area (Å²) in [4.78, 5) is 38.3. The van der Waals surface area contributed by atoms with Gasteiger partial charge in [0.25, 0.3) is 0 Å². The molecule has 1 heterocycles. The van der Waals surface area contributed by atoms with Crippen molar-refractivity contribution in [2.75, 3.05) is 16.8 Å². The van der Waals surface area contributed by atoms with Gasteiger partial charge in [-0.05, 0) is 62.4 Å². The maximum absolute atomic E-state index is 12.6. The molecule has 0 spiro atoms. The van der Waals surface area contributed by atoms with Crippen LogP contribution in [0.2, 0.25) is 5.02 Å². The highest BCUT2D eigenvalue weighted by Crippen LogP contribution is 2.27. The quantitative estimate of drug-likeness (QED) is 0.772. The van der Waals surface area contributed by atoms with Gasteiger partial charge in [0.2, 0.25) is 11.8 Å². The van der Waals surface area contributed by atoms with Gasteiger partial charge < -0.3 is 15.0 Å². The number of anilines is 2. The van der Waals surface area contributed by atoms with Crippen LogP contribution in [0.3, 0.4) is 0 Å². The van der Waals surface area contributed by atoms with Crippen molar-refractivity contribution in [1.29, 1.82) is 0 Å². The fourth-order valence-corrected chi connectivity index (χ4v) is 3.10. The minimum absolute atomic E-state index is 0.103. The number of benzene rings is 2. The number of carbonyl (C=O) groups is 3. The summed E-state index contributed by atoms with van der Waals surface area (Å²) < 4.78 is 5.13. The molecule has 2 aromatic carbocycles. The molecule has 2 amide bonds. The summed E-state index contributed by atoms with van der Waals surface area (Å²) >= 11 is 5.88. The van der Waals surface area contributed by atoms with Gasteiger partial charge in [-0.1, -0.05) is 11.6 Å². The SMILES string of the molecule is CC(C)OC(=O)c1ccc(NC(=O)[C@H]2CC(=O)N(c3ccc(Cl)cc3)C2)cc1. The van der Waals surface area contributed by atoms with Gasteiger partial charge in [-0.2, -0.15) is 0 Å². The fraction of sp³-hybridized carbons (Fsp3) is 0.286. The molecule has 1 aliphatic rings. The molecule has 7 heteroatoms. The summed E-state index contributed by atoms with van der Waals surface area (Å²) in [5.41, 5.74) is 1.69. The lowest BCUT2D eigenvalue weighted by atomic mass is 10.1. The van der Waals surface area contributed by atoms with Gasteiger partial charge in [-0.3, -0.25) is 9.59 Å². The third kappa shape index (κ3) is 4.70.